The summed E-state index contributed by atoms with van der Waals surface area (Å²) < 4.78 is 33.5. The number of nitrogens with one attached hydrogen (secondary N) is 1. The molecular weight excluding hydrogens is 450 g/mol. The first-order valence-electron chi connectivity index (χ1n) is 10.9. The van der Waals surface area contributed by atoms with Gasteiger partial charge in [0.05, 0.1) is 22.9 Å². The maximum absolute atomic E-state index is 13.4. The zero-order valence-corrected chi connectivity index (χ0v) is 20.6. The van der Waals surface area contributed by atoms with Gasteiger partial charge in [-0.3, -0.25) is 9.10 Å². The largest absolute Gasteiger partial charge is 0.494 e. The summed E-state index contributed by atoms with van der Waals surface area (Å²) in [5.41, 5.74) is 6.07. The zero-order chi connectivity index (χ0) is 24.7. The quantitative estimate of drug-likeness (QED) is 0.363. The summed E-state index contributed by atoms with van der Waals surface area (Å²) in [7, 11) is -3.98. The summed E-state index contributed by atoms with van der Waals surface area (Å²) in [6.45, 7) is 7.58. The van der Waals surface area contributed by atoms with Crippen LogP contribution in [0.2, 0.25) is 0 Å². The van der Waals surface area contributed by atoms with E-state index in [9.17, 15) is 13.2 Å². The van der Waals surface area contributed by atoms with Gasteiger partial charge in [0.25, 0.3) is 15.9 Å². The first-order valence-corrected chi connectivity index (χ1v) is 12.4. The highest BCUT2D eigenvalue weighted by atomic mass is 32.2. The molecule has 0 aliphatic carbocycles. The maximum Gasteiger partial charge on any atom is 0.264 e. The lowest BCUT2D eigenvalue weighted by Gasteiger charge is -2.25. The molecular formula is C26H29N3O4S. The molecule has 0 atom stereocenters. The van der Waals surface area contributed by atoms with Crippen LogP contribution in [0, 0.1) is 13.8 Å². The smallest absolute Gasteiger partial charge is 0.264 e. The highest BCUT2D eigenvalue weighted by Crippen LogP contribution is 2.27. The summed E-state index contributed by atoms with van der Waals surface area (Å²) >= 11 is 0. The number of hydrogen-bond acceptors (Lipinski definition) is 5. The van der Waals surface area contributed by atoms with Gasteiger partial charge in [0.15, 0.2) is 0 Å². The average Bonchev–Trinajstić information content (AvgIpc) is 2.82. The molecule has 0 radical (unpaired) electrons. The molecule has 3 aromatic rings. The van der Waals surface area contributed by atoms with Gasteiger partial charge in [-0.1, -0.05) is 35.9 Å². The van der Waals surface area contributed by atoms with Crippen molar-refractivity contribution in [3.8, 4) is 5.75 Å². The van der Waals surface area contributed by atoms with E-state index in [0.717, 1.165) is 26.7 Å². The van der Waals surface area contributed by atoms with E-state index >= 15 is 0 Å². The van der Waals surface area contributed by atoms with Crippen LogP contribution in [0.15, 0.2) is 82.8 Å². The summed E-state index contributed by atoms with van der Waals surface area (Å²) in [6.07, 6.45) is 0. The number of carbonyl (C=O) groups excluding carboxylic acids is 1. The Morgan fingerprint density at radius 2 is 1.68 bits per heavy atom. The van der Waals surface area contributed by atoms with Crippen molar-refractivity contribution in [1.82, 2.24) is 5.43 Å². The first-order chi connectivity index (χ1) is 16.2. The molecule has 0 fully saturated rings. The zero-order valence-electron chi connectivity index (χ0n) is 19.8. The van der Waals surface area contributed by atoms with E-state index in [-0.39, 0.29) is 4.90 Å². The number of rotatable bonds is 9. The van der Waals surface area contributed by atoms with Crippen LogP contribution in [0.25, 0.3) is 0 Å². The van der Waals surface area contributed by atoms with Crippen LogP contribution in [-0.4, -0.2) is 33.2 Å². The second-order valence-electron chi connectivity index (χ2n) is 7.80. The molecule has 34 heavy (non-hydrogen) atoms. The van der Waals surface area contributed by atoms with Crippen molar-refractivity contribution in [2.45, 2.75) is 32.6 Å². The lowest BCUT2D eigenvalue weighted by atomic mass is 10.1. The average molecular weight is 480 g/mol. The molecule has 0 aromatic heterocycles. The Labute approximate surface area is 201 Å². The molecule has 7 nitrogen and oxygen atoms in total. The van der Waals surface area contributed by atoms with E-state index < -0.39 is 22.5 Å². The van der Waals surface area contributed by atoms with Gasteiger partial charge in [-0.15, -0.1) is 0 Å². The summed E-state index contributed by atoms with van der Waals surface area (Å²) in [5, 5.41) is 4.16. The SMILES string of the molecule is CCOc1ccc(/C(C)=N/NC(=O)CN(c2ccc(C)cc2C)S(=O)(=O)c2ccccc2)cc1. The van der Waals surface area contributed by atoms with Gasteiger partial charge in [0.2, 0.25) is 0 Å². The predicted octanol–water partition coefficient (Wildman–Crippen LogP) is 4.44. The Balaban J connectivity index is 1.84. The Morgan fingerprint density at radius 3 is 2.29 bits per heavy atom. The van der Waals surface area contributed by atoms with Crippen LogP contribution < -0.4 is 14.5 Å². The third kappa shape index (κ3) is 6.02. The lowest BCUT2D eigenvalue weighted by molar-refractivity contribution is -0.119. The van der Waals surface area contributed by atoms with Gasteiger partial charge in [-0.2, -0.15) is 5.10 Å². The van der Waals surface area contributed by atoms with Crippen LogP contribution in [0.4, 0.5) is 5.69 Å². The molecule has 3 rings (SSSR count). The van der Waals surface area contributed by atoms with E-state index in [1.54, 1.807) is 31.2 Å². The summed E-state index contributed by atoms with van der Waals surface area (Å²) in [4.78, 5) is 12.9. The number of sulfonamides is 1. The molecule has 0 saturated heterocycles. The highest BCUT2D eigenvalue weighted by molar-refractivity contribution is 7.92. The minimum absolute atomic E-state index is 0.108. The van der Waals surface area contributed by atoms with E-state index in [0.29, 0.717) is 18.0 Å². The molecule has 8 heteroatoms. The number of amides is 1. The van der Waals surface area contributed by atoms with Gasteiger partial charge >= 0.3 is 0 Å². The van der Waals surface area contributed by atoms with Crippen molar-refractivity contribution in [3.05, 3.63) is 89.5 Å². The van der Waals surface area contributed by atoms with E-state index in [1.807, 2.05) is 57.2 Å². The van der Waals surface area contributed by atoms with Gasteiger partial charge in [-0.05, 0) is 81.3 Å². The second kappa shape index (κ2) is 11.0. The number of hydrogen-bond donors (Lipinski definition) is 1. The Hall–Kier alpha value is -3.65. The Bertz CT molecular complexity index is 1270. The van der Waals surface area contributed by atoms with Crippen molar-refractivity contribution < 1.29 is 17.9 Å². The number of benzene rings is 3. The van der Waals surface area contributed by atoms with Crippen molar-refractivity contribution in [3.63, 3.8) is 0 Å². The van der Waals surface area contributed by atoms with Gasteiger partial charge in [0.1, 0.15) is 12.3 Å². The summed E-state index contributed by atoms with van der Waals surface area (Å²) in [6, 6.07) is 20.8. The van der Waals surface area contributed by atoms with E-state index in [4.69, 9.17) is 4.74 Å². The molecule has 1 N–H and O–H groups in total. The molecule has 0 bridgehead atoms. The molecule has 0 unspecified atom stereocenters. The number of carbonyl (C=O) groups is 1. The van der Waals surface area contributed by atoms with Crippen LogP contribution in [0.5, 0.6) is 5.75 Å². The monoisotopic (exact) mass is 479 g/mol. The number of ether oxygens (including phenoxy) is 1. The summed E-state index contributed by atoms with van der Waals surface area (Å²) in [5.74, 6) is 0.197. The molecule has 0 aliphatic rings. The Morgan fingerprint density at radius 1 is 1.00 bits per heavy atom. The fraction of sp³-hybridized carbons (Fsp3) is 0.231. The third-order valence-electron chi connectivity index (χ3n) is 5.17. The number of anilines is 1. The molecule has 0 aliphatic heterocycles. The van der Waals surface area contributed by atoms with Gasteiger partial charge in [0, 0.05) is 0 Å². The molecule has 0 heterocycles. The number of aryl methyl sites for hydroxylation is 2. The van der Waals surface area contributed by atoms with Crippen molar-refractivity contribution in [1.29, 1.82) is 0 Å². The molecule has 1 amide bonds. The normalized spacial score (nSPS) is 11.7. The third-order valence-corrected chi connectivity index (χ3v) is 6.94. The van der Waals surface area contributed by atoms with Crippen LogP contribution >= 0.6 is 0 Å². The van der Waals surface area contributed by atoms with Crippen LogP contribution in [-0.2, 0) is 14.8 Å². The predicted molar refractivity (Wildman–Crippen MR) is 135 cm³/mol. The fourth-order valence-electron chi connectivity index (χ4n) is 3.44. The fourth-order valence-corrected chi connectivity index (χ4v) is 4.95. The number of hydrazone groups is 1. The highest BCUT2D eigenvalue weighted by Gasteiger charge is 2.28. The first kappa shape index (κ1) is 25.0. The van der Waals surface area contributed by atoms with Crippen molar-refractivity contribution >= 4 is 27.3 Å². The minimum Gasteiger partial charge on any atom is -0.494 e. The second-order valence-corrected chi connectivity index (χ2v) is 9.67. The molecule has 178 valence electrons. The van der Waals surface area contributed by atoms with Crippen LogP contribution in [0.3, 0.4) is 0 Å². The standard InChI is InChI=1S/C26H29N3O4S/c1-5-33-23-14-12-22(13-15-23)21(4)27-28-26(30)18-29(25-16-11-19(2)17-20(25)3)34(31,32)24-9-7-6-8-10-24/h6-17H,5,18H2,1-4H3,(H,28,30)/b27-21+. The van der Waals surface area contributed by atoms with E-state index in [1.165, 1.54) is 12.1 Å². The van der Waals surface area contributed by atoms with Gasteiger partial charge < -0.3 is 4.74 Å². The van der Waals surface area contributed by atoms with Crippen LogP contribution in [0.1, 0.15) is 30.5 Å². The van der Waals surface area contributed by atoms with Crippen molar-refractivity contribution in [2.75, 3.05) is 17.5 Å². The topological polar surface area (TPSA) is 88.1 Å². The lowest BCUT2D eigenvalue weighted by Crippen LogP contribution is -2.40. The van der Waals surface area contributed by atoms with Gasteiger partial charge in [-0.25, -0.2) is 13.8 Å². The maximum atomic E-state index is 13.4. The molecule has 0 spiro atoms. The van der Waals surface area contributed by atoms with E-state index in [2.05, 4.69) is 10.5 Å². The molecule has 0 saturated carbocycles. The Kier molecular flexibility index (Phi) is 8.07. The minimum atomic E-state index is -3.98. The molecule has 3 aromatic carbocycles. The van der Waals surface area contributed by atoms with Crippen molar-refractivity contribution in [2.24, 2.45) is 5.10 Å². The number of nitrogens with zero attached hydrogens (tertiary/aromatic N) is 2.